The number of fused-ring (bicyclic) bond motifs is 1. The smallest absolute Gasteiger partial charge is 0.331 e. The summed E-state index contributed by atoms with van der Waals surface area (Å²) >= 11 is 7.66. The van der Waals surface area contributed by atoms with Crippen LogP contribution in [0.3, 0.4) is 0 Å². The highest BCUT2D eigenvalue weighted by molar-refractivity contribution is 8.14. The summed E-state index contributed by atoms with van der Waals surface area (Å²) in [5.41, 5.74) is 5.06. The molecule has 0 N–H and O–H groups in total. The third kappa shape index (κ3) is 4.64. The van der Waals surface area contributed by atoms with Crippen LogP contribution in [-0.4, -0.2) is 41.9 Å². The van der Waals surface area contributed by atoms with E-state index in [0.717, 1.165) is 33.0 Å². The number of anilines is 1. The number of hydrogen-bond donors (Lipinski definition) is 0. The molecule has 0 aromatic heterocycles. The minimum absolute atomic E-state index is 0.0945. The van der Waals surface area contributed by atoms with E-state index in [1.165, 1.54) is 11.8 Å². The lowest BCUT2D eigenvalue weighted by Gasteiger charge is -2.17. The molecule has 2 heterocycles. The molecule has 0 saturated heterocycles. The second-order valence-corrected chi connectivity index (χ2v) is 9.66. The molecule has 35 heavy (non-hydrogen) atoms. The van der Waals surface area contributed by atoms with E-state index in [4.69, 9.17) is 16.3 Å². The first kappa shape index (κ1) is 23.4. The summed E-state index contributed by atoms with van der Waals surface area (Å²) in [5.74, 6) is 0.112. The average molecular weight is 503 g/mol. The van der Waals surface area contributed by atoms with Gasteiger partial charge in [-0.05, 0) is 36.2 Å². The van der Waals surface area contributed by atoms with Gasteiger partial charge in [0.05, 0.1) is 29.5 Å². The SMILES string of the molecule is CCOC(=O)C1CSC(CN2C(=O)/C(=C(\c3ccccc3)c3ccc(Cl)cc3)c3ccccc32)=N1. The highest BCUT2D eigenvalue weighted by Gasteiger charge is 2.37. The van der Waals surface area contributed by atoms with Crippen molar-refractivity contribution in [3.63, 3.8) is 0 Å². The predicted molar refractivity (Wildman–Crippen MR) is 143 cm³/mol. The summed E-state index contributed by atoms with van der Waals surface area (Å²) in [7, 11) is 0. The van der Waals surface area contributed by atoms with Crippen LogP contribution >= 0.6 is 23.4 Å². The maximum absolute atomic E-state index is 14.0. The number of aliphatic imine (C=N–C) groups is 1. The zero-order valence-electron chi connectivity index (χ0n) is 19.1. The molecule has 5 rings (SSSR count). The first-order chi connectivity index (χ1) is 17.1. The third-order valence-corrected chi connectivity index (χ3v) is 7.23. The number of thioether (sulfide) groups is 1. The molecular formula is C28H23ClN2O3S. The number of esters is 1. The maximum Gasteiger partial charge on any atom is 0.331 e. The fourth-order valence-corrected chi connectivity index (χ4v) is 5.47. The zero-order valence-corrected chi connectivity index (χ0v) is 20.7. The third-order valence-electron chi connectivity index (χ3n) is 5.93. The van der Waals surface area contributed by atoms with Gasteiger partial charge < -0.3 is 9.64 Å². The molecule has 2 aliphatic heterocycles. The summed E-state index contributed by atoms with van der Waals surface area (Å²) in [4.78, 5) is 32.4. The lowest BCUT2D eigenvalue weighted by atomic mass is 9.90. The number of nitrogens with zero attached hydrogens (tertiary/aromatic N) is 2. The first-order valence-electron chi connectivity index (χ1n) is 11.4. The van der Waals surface area contributed by atoms with Gasteiger partial charge in [0.25, 0.3) is 5.91 Å². The van der Waals surface area contributed by atoms with E-state index in [9.17, 15) is 9.59 Å². The minimum atomic E-state index is -0.521. The van der Waals surface area contributed by atoms with Crippen molar-refractivity contribution in [1.82, 2.24) is 0 Å². The van der Waals surface area contributed by atoms with Gasteiger partial charge in [-0.3, -0.25) is 9.79 Å². The molecule has 0 radical (unpaired) electrons. The zero-order chi connectivity index (χ0) is 24.4. The molecule has 0 saturated carbocycles. The van der Waals surface area contributed by atoms with Gasteiger partial charge in [0, 0.05) is 21.9 Å². The van der Waals surface area contributed by atoms with Gasteiger partial charge in [0.1, 0.15) is 0 Å². The molecule has 0 fully saturated rings. The molecule has 7 heteroatoms. The van der Waals surface area contributed by atoms with Crippen molar-refractivity contribution in [2.45, 2.75) is 13.0 Å². The Labute approximate surface area is 213 Å². The summed E-state index contributed by atoms with van der Waals surface area (Å²) in [6.45, 7) is 2.41. The Kier molecular flexibility index (Phi) is 6.75. The van der Waals surface area contributed by atoms with Gasteiger partial charge in [-0.15, -0.1) is 11.8 Å². The van der Waals surface area contributed by atoms with Crippen molar-refractivity contribution in [2.24, 2.45) is 4.99 Å². The van der Waals surface area contributed by atoms with Crippen molar-refractivity contribution < 1.29 is 14.3 Å². The van der Waals surface area contributed by atoms with E-state index in [-0.39, 0.29) is 11.9 Å². The van der Waals surface area contributed by atoms with Gasteiger partial charge >= 0.3 is 5.97 Å². The van der Waals surface area contributed by atoms with Gasteiger partial charge in [-0.2, -0.15) is 0 Å². The molecule has 0 aliphatic carbocycles. The Morgan fingerprint density at radius 2 is 1.71 bits per heavy atom. The molecule has 5 nitrogen and oxygen atoms in total. The molecule has 0 spiro atoms. The Bertz CT molecular complexity index is 1340. The molecule has 3 aromatic carbocycles. The average Bonchev–Trinajstić information content (AvgIpc) is 3.46. The molecule has 2 aliphatic rings. The lowest BCUT2D eigenvalue weighted by Crippen LogP contribution is -2.31. The molecule has 1 atom stereocenters. The molecular weight excluding hydrogens is 480 g/mol. The quantitative estimate of drug-likeness (QED) is 0.319. The Hall–Kier alpha value is -3.35. The number of rotatable bonds is 6. The number of carbonyl (C=O) groups excluding carboxylic acids is 2. The number of amides is 1. The largest absolute Gasteiger partial charge is 0.464 e. The highest BCUT2D eigenvalue weighted by atomic mass is 35.5. The highest BCUT2D eigenvalue weighted by Crippen LogP contribution is 2.43. The van der Waals surface area contributed by atoms with Crippen LogP contribution in [0, 0.1) is 0 Å². The van der Waals surface area contributed by atoms with Crippen molar-refractivity contribution in [3.8, 4) is 0 Å². The molecule has 1 amide bonds. The van der Waals surface area contributed by atoms with Crippen LogP contribution in [0.5, 0.6) is 0 Å². The van der Waals surface area contributed by atoms with Crippen molar-refractivity contribution in [1.29, 1.82) is 0 Å². The fraction of sp³-hybridized carbons (Fsp3) is 0.179. The summed E-state index contributed by atoms with van der Waals surface area (Å²) in [6, 6.07) is 24.7. The van der Waals surface area contributed by atoms with Crippen LogP contribution in [0.2, 0.25) is 5.02 Å². The van der Waals surface area contributed by atoms with E-state index < -0.39 is 6.04 Å². The fourth-order valence-electron chi connectivity index (χ4n) is 4.36. The normalized spacial score (nSPS) is 18.3. The summed E-state index contributed by atoms with van der Waals surface area (Å²) in [6.07, 6.45) is 0. The van der Waals surface area contributed by atoms with Crippen LogP contribution < -0.4 is 4.90 Å². The van der Waals surface area contributed by atoms with Gasteiger partial charge in [0.2, 0.25) is 0 Å². The van der Waals surface area contributed by atoms with E-state index in [1.54, 1.807) is 11.8 Å². The second kappa shape index (κ2) is 10.1. The van der Waals surface area contributed by atoms with E-state index >= 15 is 0 Å². The molecule has 0 bridgehead atoms. The number of carbonyl (C=O) groups is 2. The van der Waals surface area contributed by atoms with Crippen LogP contribution in [0.4, 0.5) is 5.69 Å². The van der Waals surface area contributed by atoms with E-state index in [2.05, 4.69) is 4.99 Å². The van der Waals surface area contributed by atoms with Crippen molar-refractivity contribution in [2.75, 3.05) is 23.8 Å². The number of halogens is 1. The Balaban J connectivity index is 1.59. The summed E-state index contributed by atoms with van der Waals surface area (Å²) < 4.78 is 5.12. The molecule has 3 aromatic rings. The van der Waals surface area contributed by atoms with E-state index in [1.807, 2.05) is 78.9 Å². The Morgan fingerprint density at radius 3 is 2.46 bits per heavy atom. The van der Waals surface area contributed by atoms with Crippen LogP contribution in [-0.2, 0) is 14.3 Å². The molecule has 1 unspecified atom stereocenters. The first-order valence-corrected chi connectivity index (χ1v) is 12.8. The van der Waals surface area contributed by atoms with Crippen LogP contribution in [0.15, 0.2) is 83.9 Å². The molecule has 176 valence electrons. The monoisotopic (exact) mass is 502 g/mol. The Morgan fingerprint density at radius 1 is 1.03 bits per heavy atom. The second-order valence-electron chi connectivity index (χ2n) is 8.13. The van der Waals surface area contributed by atoms with Crippen molar-refractivity contribution >= 4 is 57.1 Å². The van der Waals surface area contributed by atoms with Gasteiger partial charge in [-0.1, -0.05) is 72.3 Å². The van der Waals surface area contributed by atoms with Crippen LogP contribution in [0.25, 0.3) is 11.1 Å². The number of hydrogen-bond acceptors (Lipinski definition) is 5. The maximum atomic E-state index is 14.0. The number of ether oxygens (including phenoxy) is 1. The lowest BCUT2D eigenvalue weighted by molar-refractivity contribution is -0.143. The van der Waals surface area contributed by atoms with Gasteiger partial charge in [-0.25, -0.2) is 4.79 Å². The number of benzene rings is 3. The standard InChI is InChI=1S/C28H23ClN2O3S/c1-2-34-28(33)22-17-35-24(30-22)16-31-23-11-7-6-10-21(23)26(27(31)32)25(18-8-4-3-5-9-18)19-12-14-20(29)15-13-19/h3-15,22H,2,16-17H2,1H3/b26-25+. The van der Waals surface area contributed by atoms with Gasteiger partial charge in [0.15, 0.2) is 6.04 Å². The minimum Gasteiger partial charge on any atom is -0.464 e. The predicted octanol–water partition coefficient (Wildman–Crippen LogP) is 5.72. The summed E-state index contributed by atoms with van der Waals surface area (Å²) in [5, 5.41) is 1.39. The number of para-hydroxylation sites is 1. The van der Waals surface area contributed by atoms with Crippen LogP contribution in [0.1, 0.15) is 23.6 Å². The van der Waals surface area contributed by atoms with Crippen molar-refractivity contribution in [3.05, 3.63) is 101 Å². The topological polar surface area (TPSA) is 59.0 Å². The van der Waals surface area contributed by atoms with E-state index in [0.29, 0.717) is 29.5 Å².